The summed E-state index contributed by atoms with van der Waals surface area (Å²) in [6.45, 7) is 1.56. The zero-order valence-electron chi connectivity index (χ0n) is 17.5. The summed E-state index contributed by atoms with van der Waals surface area (Å²) >= 11 is 3.39. The van der Waals surface area contributed by atoms with Crippen LogP contribution in [0.25, 0.3) is 0 Å². The number of Topliss-reactive ketones (excluding diaryl/α,β-unsaturated/α-hetero) is 1. The molecule has 4 atom stereocenters. The summed E-state index contributed by atoms with van der Waals surface area (Å²) in [5.74, 6) is -4.98. The number of likely N-dealkylation sites (tertiary alicyclic amines) is 1. The third-order valence-corrected chi connectivity index (χ3v) is 7.58. The van der Waals surface area contributed by atoms with Gasteiger partial charge in [-0.2, -0.15) is 4.90 Å². The zero-order valence-corrected chi connectivity index (χ0v) is 19.1. The highest BCUT2D eigenvalue weighted by Gasteiger charge is 2.57. The van der Waals surface area contributed by atoms with Crippen LogP contribution in [-0.2, 0) is 19.2 Å². The third kappa shape index (κ3) is 2.98. The maximum absolute atomic E-state index is 13.1. The average molecular weight is 511 g/mol. The Morgan fingerprint density at radius 1 is 1.15 bits per heavy atom. The molecule has 3 aliphatic carbocycles. The second-order valence-corrected chi connectivity index (χ2v) is 9.70. The van der Waals surface area contributed by atoms with Crippen LogP contribution in [0.2, 0.25) is 0 Å². The first-order valence-electron chi connectivity index (χ1n) is 10.5. The molecule has 9 heteroatoms. The van der Waals surface area contributed by atoms with Crippen LogP contribution in [0.15, 0.2) is 57.1 Å². The SMILES string of the molecule is CC1=CC(=O)C2=C(CC3C(=CCC4C(=O)N(C(N)=O)C(=O)C43)C2c2cc(Br)ccc2O)C1=O. The van der Waals surface area contributed by atoms with Crippen molar-refractivity contribution >= 4 is 45.3 Å². The fraction of sp³-hybridized carbons (Fsp3) is 0.292. The summed E-state index contributed by atoms with van der Waals surface area (Å²) in [5, 5.41) is 10.7. The second-order valence-electron chi connectivity index (χ2n) is 8.78. The monoisotopic (exact) mass is 510 g/mol. The summed E-state index contributed by atoms with van der Waals surface area (Å²) in [7, 11) is 0. The molecule has 0 bridgehead atoms. The number of amides is 4. The lowest BCUT2D eigenvalue weighted by atomic mass is 9.59. The number of hydrogen-bond donors (Lipinski definition) is 2. The van der Waals surface area contributed by atoms with Gasteiger partial charge in [-0.25, -0.2) is 4.79 Å². The lowest BCUT2D eigenvalue weighted by Crippen LogP contribution is -2.42. The van der Waals surface area contributed by atoms with E-state index in [4.69, 9.17) is 5.73 Å². The van der Waals surface area contributed by atoms with E-state index in [1.54, 1.807) is 25.1 Å². The molecule has 4 amide bonds. The van der Waals surface area contributed by atoms with Gasteiger partial charge in [-0.3, -0.25) is 19.2 Å². The Balaban J connectivity index is 1.73. The predicted molar refractivity (Wildman–Crippen MR) is 119 cm³/mol. The van der Waals surface area contributed by atoms with Crippen molar-refractivity contribution in [3.8, 4) is 5.75 Å². The van der Waals surface area contributed by atoms with E-state index in [0.717, 1.165) is 0 Å². The highest BCUT2D eigenvalue weighted by molar-refractivity contribution is 9.10. The van der Waals surface area contributed by atoms with Crippen molar-refractivity contribution in [3.63, 3.8) is 0 Å². The normalized spacial score (nSPS) is 28.8. The number of fused-ring (bicyclic) bond motifs is 3. The predicted octanol–water partition coefficient (Wildman–Crippen LogP) is 2.66. The van der Waals surface area contributed by atoms with Crippen molar-refractivity contribution in [2.45, 2.75) is 25.7 Å². The van der Waals surface area contributed by atoms with E-state index < -0.39 is 41.5 Å². The number of carbonyl (C=O) groups excluding carboxylic acids is 5. The number of ketones is 2. The number of nitrogens with two attached hydrogens (primary N) is 1. The fourth-order valence-corrected chi connectivity index (χ4v) is 6.09. The highest BCUT2D eigenvalue weighted by atomic mass is 79.9. The van der Waals surface area contributed by atoms with Crippen molar-refractivity contribution in [3.05, 3.63) is 62.7 Å². The standard InChI is InChI=1S/C24H19BrN2O6/c1-9-6-17(29)20-15(21(9)30)8-13-11(18(20)14-7-10(25)2-5-16(14)28)3-4-12-19(13)23(32)27(22(12)31)24(26)33/h2-3,5-7,12-13,18-19,28H,4,8H2,1H3,(H2,26,33). The van der Waals surface area contributed by atoms with E-state index in [1.165, 1.54) is 12.1 Å². The van der Waals surface area contributed by atoms with E-state index >= 15 is 0 Å². The number of aromatic hydroxyl groups is 1. The smallest absolute Gasteiger partial charge is 0.328 e. The Labute approximate surface area is 196 Å². The molecule has 168 valence electrons. The van der Waals surface area contributed by atoms with Gasteiger partial charge in [-0.1, -0.05) is 27.6 Å². The van der Waals surface area contributed by atoms with Gasteiger partial charge in [0.25, 0.3) is 0 Å². The number of imide groups is 3. The molecule has 0 radical (unpaired) electrons. The fourth-order valence-electron chi connectivity index (χ4n) is 5.71. The first-order valence-corrected chi connectivity index (χ1v) is 11.3. The number of carbonyl (C=O) groups is 5. The van der Waals surface area contributed by atoms with Gasteiger partial charge in [0.15, 0.2) is 11.6 Å². The number of allylic oxidation sites excluding steroid dienone is 6. The maximum Gasteiger partial charge on any atom is 0.328 e. The minimum Gasteiger partial charge on any atom is -0.508 e. The van der Waals surface area contributed by atoms with Gasteiger partial charge < -0.3 is 10.8 Å². The number of benzene rings is 1. The summed E-state index contributed by atoms with van der Waals surface area (Å²) in [4.78, 5) is 64.4. The Bertz CT molecular complexity index is 1290. The number of primary amides is 1. The number of hydrogen-bond acceptors (Lipinski definition) is 6. The van der Waals surface area contributed by atoms with Gasteiger partial charge in [-0.05, 0) is 50.0 Å². The molecule has 4 aliphatic rings. The first-order chi connectivity index (χ1) is 15.6. The number of phenolic OH excluding ortho intramolecular Hbond substituents is 1. The number of phenols is 1. The summed E-state index contributed by atoms with van der Waals surface area (Å²) < 4.78 is 0.669. The third-order valence-electron chi connectivity index (χ3n) is 7.08. The quantitative estimate of drug-likeness (QED) is 0.338. The summed E-state index contributed by atoms with van der Waals surface area (Å²) in [6, 6.07) is 3.70. The van der Waals surface area contributed by atoms with Gasteiger partial charge in [0, 0.05) is 32.7 Å². The Hall–Kier alpha value is -3.33. The highest BCUT2D eigenvalue weighted by Crippen LogP contribution is 2.56. The molecule has 1 aromatic carbocycles. The minimum atomic E-state index is -1.12. The molecule has 1 saturated heterocycles. The van der Waals surface area contributed by atoms with Gasteiger partial charge in [0.1, 0.15) is 5.75 Å². The van der Waals surface area contributed by atoms with Crippen molar-refractivity contribution in [1.29, 1.82) is 0 Å². The van der Waals surface area contributed by atoms with E-state index in [0.29, 0.717) is 26.1 Å². The van der Waals surface area contributed by atoms with Crippen LogP contribution in [0.4, 0.5) is 4.79 Å². The topological polar surface area (TPSA) is 135 Å². The van der Waals surface area contributed by atoms with Crippen molar-refractivity contribution < 1.29 is 29.1 Å². The molecule has 1 aromatic rings. The van der Waals surface area contributed by atoms with E-state index in [9.17, 15) is 29.1 Å². The van der Waals surface area contributed by atoms with Crippen molar-refractivity contribution in [2.75, 3.05) is 0 Å². The van der Waals surface area contributed by atoms with Crippen LogP contribution < -0.4 is 5.73 Å². The lowest BCUT2D eigenvalue weighted by molar-refractivity contribution is -0.136. The van der Waals surface area contributed by atoms with Gasteiger partial charge in [-0.15, -0.1) is 0 Å². The Kier molecular flexibility index (Phi) is 4.79. The molecule has 3 N–H and O–H groups in total. The first kappa shape index (κ1) is 21.5. The molecular formula is C24H19BrN2O6. The largest absolute Gasteiger partial charge is 0.508 e. The molecule has 1 fully saturated rings. The maximum atomic E-state index is 13.1. The van der Waals surface area contributed by atoms with E-state index in [-0.39, 0.29) is 41.3 Å². The van der Waals surface area contributed by atoms with Crippen LogP contribution in [0, 0.1) is 17.8 Å². The lowest BCUT2D eigenvalue weighted by Gasteiger charge is -2.42. The van der Waals surface area contributed by atoms with Crippen molar-refractivity contribution in [1.82, 2.24) is 4.90 Å². The minimum absolute atomic E-state index is 0.0576. The van der Waals surface area contributed by atoms with Gasteiger partial charge in [0.2, 0.25) is 11.8 Å². The molecule has 8 nitrogen and oxygen atoms in total. The van der Waals surface area contributed by atoms with E-state index in [2.05, 4.69) is 15.9 Å². The molecule has 0 aromatic heterocycles. The van der Waals surface area contributed by atoms with Gasteiger partial charge >= 0.3 is 6.03 Å². The Morgan fingerprint density at radius 3 is 2.58 bits per heavy atom. The molecule has 1 aliphatic heterocycles. The van der Waals surface area contributed by atoms with Gasteiger partial charge in [0.05, 0.1) is 11.8 Å². The van der Waals surface area contributed by atoms with Crippen LogP contribution in [0.3, 0.4) is 0 Å². The van der Waals surface area contributed by atoms with Crippen LogP contribution >= 0.6 is 15.9 Å². The van der Waals surface area contributed by atoms with E-state index in [1.807, 2.05) is 0 Å². The van der Waals surface area contributed by atoms with Crippen LogP contribution in [0.1, 0.15) is 31.2 Å². The molecule has 0 spiro atoms. The molecule has 5 rings (SSSR count). The molecule has 33 heavy (non-hydrogen) atoms. The van der Waals surface area contributed by atoms with Crippen LogP contribution in [-0.4, -0.2) is 39.4 Å². The molecule has 0 saturated carbocycles. The average Bonchev–Trinajstić information content (AvgIpc) is 3.02. The Morgan fingerprint density at radius 2 is 1.88 bits per heavy atom. The number of urea groups is 1. The van der Waals surface area contributed by atoms with Crippen molar-refractivity contribution in [2.24, 2.45) is 23.5 Å². The summed E-state index contributed by atoms with van der Waals surface area (Å²) in [5.41, 5.74) is 7.26. The number of halogens is 1. The molecule has 4 unspecified atom stereocenters. The molecule has 1 heterocycles. The van der Waals surface area contributed by atoms with Crippen LogP contribution in [0.5, 0.6) is 5.75 Å². The zero-order chi connectivity index (χ0) is 23.8. The summed E-state index contributed by atoms with van der Waals surface area (Å²) in [6.07, 6.45) is 3.39. The molecular weight excluding hydrogens is 492 g/mol. The number of nitrogens with zero attached hydrogens (tertiary/aromatic N) is 1. The number of rotatable bonds is 1. The second kappa shape index (κ2) is 7.34.